The summed E-state index contributed by atoms with van der Waals surface area (Å²) in [5, 5.41) is 2.86. The highest BCUT2D eigenvalue weighted by atomic mass is 16.2. The summed E-state index contributed by atoms with van der Waals surface area (Å²) in [6.45, 7) is 5.73. The molecule has 1 aliphatic heterocycles. The second kappa shape index (κ2) is 5.83. The van der Waals surface area contributed by atoms with E-state index in [9.17, 15) is 4.79 Å². The van der Waals surface area contributed by atoms with Gasteiger partial charge in [0.25, 0.3) is 0 Å². The summed E-state index contributed by atoms with van der Waals surface area (Å²) in [5.74, 6) is 7.64. The molecule has 2 heterocycles. The van der Waals surface area contributed by atoms with Gasteiger partial charge in [-0.25, -0.2) is 15.8 Å². The summed E-state index contributed by atoms with van der Waals surface area (Å²) in [6.07, 6.45) is 1.63. The number of hydrazine groups is 1. The minimum atomic E-state index is 0.0239. The van der Waals surface area contributed by atoms with Crippen LogP contribution in [0.3, 0.4) is 0 Å². The lowest BCUT2D eigenvalue weighted by Crippen LogP contribution is -2.34. The van der Waals surface area contributed by atoms with Gasteiger partial charge in [-0.15, -0.1) is 0 Å². The van der Waals surface area contributed by atoms with E-state index >= 15 is 0 Å². The van der Waals surface area contributed by atoms with E-state index in [4.69, 9.17) is 5.84 Å². The zero-order chi connectivity index (χ0) is 13.8. The molecule has 19 heavy (non-hydrogen) atoms. The molecule has 4 N–H and O–H groups in total. The van der Waals surface area contributed by atoms with Crippen LogP contribution in [-0.2, 0) is 11.2 Å². The second-order valence-electron chi connectivity index (χ2n) is 4.56. The van der Waals surface area contributed by atoms with E-state index in [1.165, 1.54) is 0 Å². The SMILES string of the molecule is CCc1nc(NN)c(C)c(N2CCCNC(=O)C2)n1. The Hall–Kier alpha value is -1.89. The predicted octanol–water partition coefficient (Wildman–Crippen LogP) is -0.0407. The predicted molar refractivity (Wildman–Crippen MR) is 73.8 cm³/mol. The minimum Gasteiger partial charge on any atom is -0.354 e. The van der Waals surface area contributed by atoms with Crippen molar-refractivity contribution in [2.45, 2.75) is 26.7 Å². The Morgan fingerprint density at radius 1 is 1.47 bits per heavy atom. The van der Waals surface area contributed by atoms with Gasteiger partial charge in [0.05, 0.1) is 6.54 Å². The molecule has 0 aromatic carbocycles. The van der Waals surface area contributed by atoms with Gasteiger partial charge in [0, 0.05) is 25.1 Å². The number of hydrogen-bond donors (Lipinski definition) is 3. The maximum atomic E-state index is 11.7. The molecule has 0 unspecified atom stereocenters. The molecule has 1 aliphatic rings. The summed E-state index contributed by atoms with van der Waals surface area (Å²) in [4.78, 5) is 22.5. The Labute approximate surface area is 112 Å². The van der Waals surface area contributed by atoms with E-state index in [1.807, 2.05) is 18.7 Å². The van der Waals surface area contributed by atoms with Crippen LogP contribution in [0.15, 0.2) is 0 Å². The van der Waals surface area contributed by atoms with Crippen LogP contribution in [0, 0.1) is 6.92 Å². The van der Waals surface area contributed by atoms with Crippen LogP contribution in [0.1, 0.15) is 24.7 Å². The fraction of sp³-hybridized carbons (Fsp3) is 0.583. The third-order valence-electron chi connectivity index (χ3n) is 3.18. The number of nitrogens with one attached hydrogen (secondary N) is 2. The molecule has 0 atom stereocenters. The van der Waals surface area contributed by atoms with Gasteiger partial charge in [-0.05, 0) is 13.3 Å². The molecule has 1 amide bonds. The van der Waals surface area contributed by atoms with Crippen molar-refractivity contribution in [3.05, 3.63) is 11.4 Å². The Morgan fingerprint density at radius 3 is 2.95 bits per heavy atom. The van der Waals surface area contributed by atoms with Crippen LogP contribution < -0.4 is 21.5 Å². The first-order valence-electron chi connectivity index (χ1n) is 6.51. The number of nitrogens with two attached hydrogens (primary N) is 1. The van der Waals surface area contributed by atoms with Crippen molar-refractivity contribution in [1.82, 2.24) is 15.3 Å². The number of amides is 1. The Balaban J connectivity index is 2.38. The van der Waals surface area contributed by atoms with Crippen LogP contribution in [0.5, 0.6) is 0 Å². The van der Waals surface area contributed by atoms with E-state index in [2.05, 4.69) is 20.7 Å². The van der Waals surface area contributed by atoms with Crippen molar-refractivity contribution in [2.24, 2.45) is 5.84 Å². The molecular weight excluding hydrogens is 244 g/mol. The summed E-state index contributed by atoms with van der Waals surface area (Å²) in [6, 6.07) is 0. The van der Waals surface area contributed by atoms with Gasteiger partial charge in [0.2, 0.25) is 5.91 Å². The average Bonchev–Trinajstić information content (AvgIpc) is 2.63. The quantitative estimate of drug-likeness (QED) is 0.523. The van der Waals surface area contributed by atoms with Crippen LogP contribution in [0.2, 0.25) is 0 Å². The molecule has 0 bridgehead atoms. The monoisotopic (exact) mass is 264 g/mol. The standard InChI is InChI=1S/C12H20N6O/c1-3-9-15-11(17-13)8(2)12(16-9)18-6-4-5-14-10(19)7-18/h3-7,13H2,1-2H3,(H,14,19)(H,15,16,17). The molecule has 1 aromatic heterocycles. The zero-order valence-corrected chi connectivity index (χ0v) is 11.4. The lowest BCUT2D eigenvalue weighted by Gasteiger charge is -2.23. The Bertz CT molecular complexity index is 476. The number of hydrogen-bond acceptors (Lipinski definition) is 6. The molecule has 2 rings (SSSR count). The smallest absolute Gasteiger partial charge is 0.239 e. The van der Waals surface area contributed by atoms with Gasteiger partial charge in [-0.2, -0.15) is 0 Å². The normalized spacial score (nSPS) is 15.9. The molecule has 0 radical (unpaired) electrons. The number of anilines is 2. The molecule has 1 aromatic rings. The highest BCUT2D eigenvalue weighted by molar-refractivity contribution is 5.82. The molecule has 104 valence electrons. The van der Waals surface area contributed by atoms with Gasteiger partial charge < -0.3 is 15.6 Å². The minimum absolute atomic E-state index is 0.0239. The number of nitrogen functional groups attached to an aromatic ring is 1. The largest absolute Gasteiger partial charge is 0.354 e. The molecule has 1 fully saturated rings. The van der Waals surface area contributed by atoms with Crippen LogP contribution >= 0.6 is 0 Å². The van der Waals surface area contributed by atoms with Crippen molar-refractivity contribution >= 4 is 17.5 Å². The number of aromatic nitrogens is 2. The van der Waals surface area contributed by atoms with Gasteiger partial charge >= 0.3 is 0 Å². The molecule has 1 saturated heterocycles. The molecule has 0 aliphatic carbocycles. The van der Waals surface area contributed by atoms with Crippen LogP contribution in [0.4, 0.5) is 11.6 Å². The number of carbonyl (C=O) groups is 1. The molecule has 7 heteroatoms. The van der Waals surface area contributed by atoms with Crippen molar-refractivity contribution in [2.75, 3.05) is 30.0 Å². The maximum Gasteiger partial charge on any atom is 0.239 e. The number of nitrogens with zero attached hydrogens (tertiary/aromatic N) is 3. The molecule has 0 spiro atoms. The fourth-order valence-electron chi connectivity index (χ4n) is 2.14. The first kappa shape index (κ1) is 13.5. The molecular formula is C12H20N6O. The number of rotatable bonds is 3. The van der Waals surface area contributed by atoms with E-state index in [1.54, 1.807) is 0 Å². The lowest BCUT2D eigenvalue weighted by molar-refractivity contribution is -0.119. The summed E-state index contributed by atoms with van der Waals surface area (Å²) in [5.41, 5.74) is 3.47. The fourth-order valence-corrected chi connectivity index (χ4v) is 2.14. The van der Waals surface area contributed by atoms with Gasteiger partial charge in [-0.3, -0.25) is 4.79 Å². The Kier molecular flexibility index (Phi) is 4.16. The van der Waals surface area contributed by atoms with Gasteiger partial charge in [-0.1, -0.05) is 6.92 Å². The first-order chi connectivity index (χ1) is 9.15. The van der Waals surface area contributed by atoms with Crippen molar-refractivity contribution in [1.29, 1.82) is 0 Å². The zero-order valence-electron chi connectivity index (χ0n) is 11.4. The van der Waals surface area contributed by atoms with E-state index in [-0.39, 0.29) is 5.91 Å². The van der Waals surface area contributed by atoms with Crippen molar-refractivity contribution < 1.29 is 4.79 Å². The highest BCUT2D eigenvalue weighted by Crippen LogP contribution is 2.23. The third-order valence-corrected chi connectivity index (χ3v) is 3.18. The molecule has 0 saturated carbocycles. The summed E-state index contributed by atoms with van der Waals surface area (Å²) < 4.78 is 0. The highest BCUT2D eigenvalue weighted by Gasteiger charge is 2.20. The number of aryl methyl sites for hydroxylation is 1. The van der Waals surface area contributed by atoms with Gasteiger partial charge in [0.15, 0.2) is 0 Å². The van der Waals surface area contributed by atoms with Gasteiger partial charge in [0.1, 0.15) is 17.5 Å². The number of carbonyl (C=O) groups excluding carboxylic acids is 1. The lowest BCUT2D eigenvalue weighted by atomic mass is 10.2. The van der Waals surface area contributed by atoms with Crippen LogP contribution in [0.25, 0.3) is 0 Å². The first-order valence-corrected chi connectivity index (χ1v) is 6.51. The van der Waals surface area contributed by atoms with E-state index in [0.29, 0.717) is 18.9 Å². The van der Waals surface area contributed by atoms with Crippen LogP contribution in [-0.4, -0.2) is 35.5 Å². The summed E-state index contributed by atoms with van der Waals surface area (Å²) >= 11 is 0. The van der Waals surface area contributed by atoms with E-state index < -0.39 is 0 Å². The van der Waals surface area contributed by atoms with Crippen molar-refractivity contribution in [3.8, 4) is 0 Å². The maximum absolute atomic E-state index is 11.7. The average molecular weight is 264 g/mol. The van der Waals surface area contributed by atoms with Crippen molar-refractivity contribution in [3.63, 3.8) is 0 Å². The topological polar surface area (TPSA) is 96.2 Å². The Morgan fingerprint density at radius 2 is 2.26 bits per heavy atom. The summed E-state index contributed by atoms with van der Waals surface area (Å²) in [7, 11) is 0. The third kappa shape index (κ3) is 2.93. The van der Waals surface area contributed by atoms with E-state index in [0.717, 1.165) is 36.6 Å². The second-order valence-corrected chi connectivity index (χ2v) is 4.56. The molecule has 7 nitrogen and oxygen atoms in total.